The number of hydrogen-bond acceptors (Lipinski definition) is 5. The van der Waals surface area contributed by atoms with Gasteiger partial charge in [-0.1, -0.05) is 37.6 Å². The summed E-state index contributed by atoms with van der Waals surface area (Å²) in [4.78, 5) is 13.6. The maximum absolute atomic E-state index is 11.4. The highest BCUT2D eigenvalue weighted by atomic mass is 16.6. The Hall–Kier alpha value is -2.96. The van der Waals surface area contributed by atoms with Crippen molar-refractivity contribution in [1.82, 2.24) is 4.90 Å². The number of ether oxygens (including phenoxy) is 1. The average molecular weight is 463 g/mol. The first-order chi connectivity index (χ1) is 16.5. The van der Waals surface area contributed by atoms with Gasteiger partial charge in [-0.3, -0.25) is 10.1 Å². The van der Waals surface area contributed by atoms with Crippen LogP contribution in [-0.4, -0.2) is 36.1 Å². The Balaban J connectivity index is 1.53. The number of likely N-dealkylation sites (tertiary alicyclic amines) is 1. The molecule has 0 N–H and O–H groups in total. The van der Waals surface area contributed by atoms with Crippen LogP contribution in [0.15, 0.2) is 59.2 Å². The van der Waals surface area contributed by atoms with E-state index in [-0.39, 0.29) is 16.5 Å². The maximum atomic E-state index is 11.4. The molecule has 1 fully saturated rings. The quantitative estimate of drug-likeness (QED) is 0.195. The molecular formula is C28H34N2O4. The average Bonchev–Trinajstić information content (AvgIpc) is 3.39. The molecule has 3 aromatic rings. The maximum Gasteiger partial charge on any atom is 0.272 e. The molecule has 34 heavy (non-hydrogen) atoms. The molecule has 2 aromatic carbocycles. The zero-order valence-corrected chi connectivity index (χ0v) is 20.2. The van der Waals surface area contributed by atoms with Gasteiger partial charge in [0.2, 0.25) is 0 Å². The number of nitro benzene ring substituents is 1. The van der Waals surface area contributed by atoms with E-state index in [1.54, 1.807) is 19.3 Å². The summed E-state index contributed by atoms with van der Waals surface area (Å²) in [7, 11) is 0. The summed E-state index contributed by atoms with van der Waals surface area (Å²) >= 11 is 0. The number of nitro groups is 1. The van der Waals surface area contributed by atoms with Gasteiger partial charge in [-0.25, -0.2) is 0 Å². The largest absolute Gasteiger partial charge is 0.469 e. The molecule has 6 heteroatoms. The molecule has 0 amide bonds. The first-order valence-electron chi connectivity index (χ1n) is 12.2. The molecule has 1 aliphatic heterocycles. The second-order valence-corrected chi connectivity index (χ2v) is 9.32. The smallest absolute Gasteiger partial charge is 0.272 e. The van der Waals surface area contributed by atoms with Gasteiger partial charge in [0.25, 0.3) is 5.69 Å². The topological polar surface area (TPSA) is 68.8 Å². The van der Waals surface area contributed by atoms with Crippen molar-refractivity contribution in [3.8, 4) is 11.1 Å². The van der Waals surface area contributed by atoms with Gasteiger partial charge in [0.15, 0.2) is 0 Å². The predicted molar refractivity (Wildman–Crippen MR) is 134 cm³/mol. The van der Waals surface area contributed by atoms with Crippen molar-refractivity contribution >= 4 is 5.69 Å². The molecule has 0 bridgehead atoms. The molecule has 1 atom stereocenters. The highest BCUT2D eigenvalue weighted by Gasteiger charge is 2.16. The molecule has 1 aromatic heterocycles. The van der Waals surface area contributed by atoms with Gasteiger partial charge in [0.1, 0.15) is 5.76 Å². The Kier molecular flexibility index (Phi) is 8.14. The SMILES string of the molecule is Cc1ccc(-c2ccc(CC(C)c3ccco3)c(COCCN3CCCCC3)c2)cc1[N+](=O)[O-]. The number of aryl methyl sites for hydroxylation is 1. The van der Waals surface area contributed by atoms with Crippen LogP contribution in [0, 0.1) is 17.0 Å². The fourth-order valence-electron chi connectivity index (χ4n) is 4.69. The first kappa shape index (κ1) is 24.2. The van der Waals surface area contributed by atoms with Crippen molar-refractivity contribution in [3.63, 3.8) is 0 Å². The fourth-order valence-corrected chi connectivity index (χ4v) is 4.69. The van der Waals surface area contributed by atoms with Gasteiger partial charge >= 0.3 is 0 Å². The Bertz CT molecular complexity index is 1090. The van der Waals surface area contributed by atoms with E-state index in [1.165, 1.54) is 24.8 Å². The van der Waals surface area contributed by atoms with Crippen LogP contribution in [0.1, 0.15) is 54.6 Å². The summed E-state index contributed by atoms with van der Waals surface area (Å²) in [5.41, 5.74) is 4.96. The number of piperidine rings is 1. The van der Waals surface area contributed by atoms with E-state index in [9.17, 15) is 10.1 Å². The van der Waals surface area contributed by atoms with Crippen molar-refractivity contribution in [1.29, 1.82) is 0 Å². The summed E-state index contributed by atoms with van der Waals surface area (Å²) in [6.07, 6.45) is 6.44. The normalized spacial score (nSPS) is 15.4. The minimum Gasteiger partial charge on any atom is -0.469 e. The van der Waals surface area contributed by atoms with Crippen LogP contribution in [0.3, 0.4) is 0 Å². The third-order valence-electron chi connectivity index (χ3n) is 6.76. The highest BCUT2D eigenvalue weighted by Crippen LogP contribution is 2.30. The minimum absolute atomic E-state index is 0.146. The van der Waals surface area contributed by atoms with E-state index in [1.807, 2.05) is 24.3 Å². The molecule has 6 nitrogen and oxygen atoms in total. The van der Waals surface area contributed by atoms with Gasteiger partial charge < -0.3 is 14.1 Å². The molecule has 0 spiro atoms. The van der Waals surface area contributed by atoms with Crippen molar-refractivity contribution in [2.45, 2.75) is 52.1 Å². The Labute approximate surface area is 201 Å². The molecule has 0 radical (unpaired) electrons. The lowest BCUT2D eigenvalue weighted by Crippen LogP contribution is -2.32. The zero-order valence-electron chi connectivity index (χ0n) is 20.2. The summed E-state index contributed by atoms with van der Waals surface area (Å²) in [5, 5.41) is 11.4. The lowest BCUT2D eigenvalue weighted by Gasteiger charge is -2.26. The van der Waals surface area contributed by atoms with E-state index in [0.717, 1.165) is 48.5 Å². The van der Waals surface area contributed by atoms with Crippen molar-refractivity contribution in [2.75, 3.05) is 26.2 Å². The molecule has 180 valence electrons. The number of furan rings is 1. The van der Waals surface area contributed by atoms with Gasteiger partial charge in [-0.2, -0.15) is 0 Å². The lowest BCUT2D eigenvalue weighted by atomic mass is 9.92. The Morgan fingerprint density at radius 1 is 1.06 bits per heavy atom. The van der Waals surface area contributed by atoms with E-state index in [4.69, 9.17) is 9.15 Å². The van der Waals surface area contributed by atoms with E-state index >= 15 is 0 Å². The number of nitrogens with zero attached hydrogens (tertiary/aromatic N) is 2. The van der Waals surface area contributed by atoms with Crippen LogP contribution in [-0.2, 0) is 17.8 Å². The molecule has 1 aliphatic rings. The molecule has 2 heterocycles. The van der Waals surface area contributed by atoms with Gasteiger partial charge in [0.05, 0.1) is 24.4 Å². The summed E-state index contributed by atoms with van der Waals surface area (Å²) in [6.45, 7) is 8.44. The van der Waals surface area contributed by atoms with Crippen LogP contribution >= 0.6 is 0 Å². The van der Waals surface area contributed by atoms with Crippen molar-refractivity contribution in [2.24, 2.45) is 0 Å². The van der Waals surface area contributed by atoms with E-state index < -0.39 is 0 Å². The molecule has 0 saturated carbocycles. The second-order valence-electron chi connectivity index (χ2n) is 9.32. The Morgan fingerprint density at radius 2 is 1.82 bits per heavy atom. The second kappa shape index (κ2) is 11.4. The highest BCUT2D eigenvalue weighted by molar-refractivity contribution is 5.68. The first-order valence-corrected chi connectivity index (χ1v) is 12.2. The van der Waals surface area contributed by atoms with Crippen molar-refractivity contribution in [3.05, 3.63) is 87.4 Å². The van der Waals surface area contributed by atoms with Crippen LogP contribution in [0.2, 0.25) is 0 Å². The monoisotopic (exact) mass is 462 g/mol. The number of benzene rings is 2. The molecule has 1 unspecified atom stereocenters. The fraction of sp³-hybridized carbons (Fsp3) is 0.429. The molecule has 0 aliphatic carbocycles. The molecular weight excluding hydrogens is 428 g/mol. The standard InChI is InChI=1S/C28H34N2O4/c1-21-8-9-25(19-27(21)30(31)32)24-11-10-23(17-22(2)28-7-6-15-34-28)26(18-24)20-33-16-14-29-12-4-3-5-13-29/h6-11,15,18-19,22H,3-5,12-14,16-17,20H2,1-2H3. The third-order valence-corrected chi connectivity index (χ3v) is 6.76. The lowest BCUT2D eigenvalue weighted by molar-refractivity contribution is -0.385. The zero-order chi connectivity index (χ0) is 23.9. The van der Waals surface area contributed by atoms with E-state index in [0.29, 0.717) is 18.8 Å². The van der Waals surface area contributed by atoms with Crippen LogP contribution in [0.5, 0.6) is 0 Å². The van der Waals surface area contributed by atoms with Crippen LogP contribution in [0.4, 0.5) is 5.69 Å². The van der Waals surface area contributed by atoms with Gasteiger partial charge in [0, 0.05) is 24.1 Å². The van der Waals surface area contributed by atoms with Crippen LogP contribution < -0.4 is 0 Å². The molecule has 1 saturated heterocycles. The molecule has 4 rings (SSSR count). The Morgan fingerprint density at radius 3 is 2.56 bits per heavy atom. The predicted octanol–water partition coefficient (Wildman–Crippen LogP) is 6.51. The summed E-state index contributed by atoms with van der Waals surface area (Å²) in [6, 6.07) is 15.7. The number of hydrogen-bond donors (Lipinski definition) is 0. The van der Waals surface area contributed by atoms with Crippen LogP contribution in [0.25, 0.3) is 11.1 Å². The number of rotatable bonds is 10. The van der Waals surface area contributed by atoms with E-state index in [2.05, 4.69) is 30.0 Å². The van der Waals surface area contributed by atoms with Crippen molar-refractivity contribution < 1.29 is 14.1 Å². The summed E-state index contributed by atoms with van der Waals surface area (Å²) < 4.78 is 11.7. The minimum atomic E-state index is -0.317. The van der Waals surface area contributed by atoms with Gasteiger partial charge in [-0.15, -0.1) is 0 Å². The third kappa shape index (κ3) is 6.13. The summed E-state index contributed by atoms with van der Waals surface area (Å²) in [5.74, 6) is 1.21. The van der Waals surface area contributed by atoms with Gasteiger partial charge in [-0.05, 0) is 79.7 Å².